The average Bonchev–Trinajstić information content (AvgIpc) is 1.84. The van der Waals surface area contributed by atoms with E-state index in [1.54, 1.807) is 7.11 Å². The number of ether oxygens (including phenoxy) is 1. The second-order valence-corrected chi connectivity index (χ2v) is 3.02. The molecule has 0 aliphatic carbocycles. The lowest BCUT2D eigenvalue weighted by molar-refractivity contribution is -0.137. The van der Waals surface area contributed by atoms with E-state index >= 15 is 0 Å². The highest BCUT2D eigenvalue weighted by Gasteiger charge is 2.09. The van der Waals surface area contributed by atoms with Crippen molar-refractivity contribution in [1.29, 1.82) is 0 Å². The number of methoxy groups -OCH3 is 1. The molecule has 0 heterocycles. The van der Waals surface area contributed by atoms with E-state index in [4.69, 9.17) is 9.84 Å². The summed E-state index contributed by atoms with van der Waals surface area (Å²) in [6, 6.07) is 0.192. The molecule has 0 saturated carbocycles. The summed E-state index contributed by atoms with van der Waals surface area (Å²) in [5.74, 6) is -0.778. The molecular formula is C8H17NO3. The molecule has 0 aromatic heterocycles. The van der Waals surface area contributed by atoms with E-state index in [2.05, 4.69) is 5.32 Å². The predicted molar refractivity (Wildman–Crippen MR) is 46.2 cm³/mol. The zero-order chi connectivity index (χ0) is 9.56. The zero-order valence-electron chi connectivity index (χ0n) is 7.83. The van der Waals surface area contributed by atoms with Crippen LogP contribution in [0.1, 0.15) is 20.3 Å². The number of nitrogens with one attached hydrogen (secondary N) is 1. The Morgan fingerprint density at radius 2 is 2.08 bits per heavy atom. The minimum Gasteiger partial charge on any atom is -0.481 e. The average molecular weight is 175 g/mol. The maximum absolute atomic E-state index is 10.3. The first-order valence-electron chi connectivity index (χ1n) is 4.03. The molecule has 0 radical (unpaired) electrons. The van der Waals surface area contributed by atoms with E-state index in [0.29, 0.717) is 6.61 Å². The summed E-state index contributed by atoms with van der Waals surface area (Å²) < 4.78 is 4.90. The van der Waals surface area contributed by atoms with Gasteiger partial charge in [0.2, 0.25) is 0 Å². The Morgan fingerprint density at radius 1 is 1.50 bits per heavy atom. The number of hydrogen-bond donors (Lipinski definition) is 2. The maximum Gasteiger partial charge on any atom is 0.304 e. The molecule has 2 unspecified atom stereocenters. The lowest BCUT2D eigenvalue weighted by atomic mass is 10.2. The molecular weight excluding hydrogens is 158 g/mol. The van der Waals surface area contributed by atoms with Crippen LogP contribution in [-0.2, 0) is 9.53 Å². The fourth-order valence-electron chi connectivity index (χ4n) is 1.10. The van der Waals surface area contributed by atoms with Gasteiger partial charge in [0.05, 0.1) is 13.0 Å². The molecule has 0 spiro atoms. The zero-order valence-corrected chi connectivity index (χ0v) is 7.83. The number of carbonyl (C=O) groups is 1. The van der Waals surface area contributed by atoms with Gasteiger partial charge in [0.15, 0.2) is 0 Å². The van der Waals surface area contributed by atoms with Gasteiger partial charge in [0.25, 0.3) is 0 Å². The van der Waals surface area contributed by atoms with Gasteiger partial charge in [-0.25, -0.2) is 0 Å². The minimum atomic E-state index is -0.778. The normalized spacial score (nSPS) is 15.6. The largest absolute Gasteiger partial charge is 0.481 e. The van der Waals surface area contributed by atoms with E-state index in [-0.39, 0.29) is 18.5 Å². The lowest BCUT2D eigenvalue weighted by Gasteiger charge is -2.17. The Hall–Kier alpha value is -0.610. The van der Waals surface area contributed by atoms with Crippen LogP contribution in [0.3, 0.4) is 0 Å². The van der Waals surface area contributed by atoms with Crippen LogP contribution in [0.2, 0.25) is 0 Å². The quantitative estimate of drug-likeness (QED) is 0.616. The SMILES string of the molecule is COCC(C)NC(C)CC(=O)O. The highest BCUT2D eigenvalue weighted by Crippen LogP contribution is 1.93. The summed E-state index contributed by atoms with van der Waals surface area (Å²) in [4.78, 5) is 10.3. The number of carboxylic acids is 1. The molecule has 0 amide bonds. The Balaban J connectivity index is 3.53. The molecule has 0 aliphatic rings. The van der Waals surface area contributed by atoms with Crippen molar-refractivity contribution in [1.82, 2.24) is 5.32 Å². The van der Waals surface area contributed by atoms with Crippen molar-refractivity contribution in [3.63, 3.8) is 0 Å². The third-order valence-electron chi connectivity index (χ3n) is 1.47. The summed E-state index contributed by atoms with van der Waals surface area (Å²) in [6.45, 7) is 4.41. The smallest absolute Gasteiger partial charge is 0.304 e. The van der Waals surface area contributed by atoms with Gasteiger partial charge in [-0.3, -0.25) is 4.79 Å². The van der Waals surface area contributed by atoms with Crippen molar-refractivity contribution in [2.24, 2.45) is 0 Å². The van der Waals surface area contributed by atoms with Crippen molar-refractivity contribution in [2.75, 3.05) is 13.7 Å². The van der Waals surface area contributed by atoms with Gasteiger partial charge in [0.1, 0.15) is 0 Å². The standard InChI is InChI=1S/C8H17NO3/c1-6(4-8(10)11)9-7(2)5-12-3/h6-7,9H,4-5H2,1-3H3,(H,10,11). The van der Waals surface area contributed by atoms with Crippen LogP contribution in [0, 0.1) is 0 Å². The summed E-state index contributed by atoms with van der Waals surface area (Å²) in [6.07, 6.45) is 0.147. The monoisotopic (exact) mass is 175 g/mol. The van der Waals surface area contributed by atoms with Gasteiger partial charge in [-0.1, -0.05) is 0 Å². The van der Waals surface area contributed by atoms with E-state index in [1.165, 1.54) is 0 Å². The number of hydrogen-bond acceptors (Lipinski definition) is 3. The fraction of sp³-hybridized carbons (Fsp3) is 0.875. The van der Waals surface area contributed by atoms with Crippen LogP contribution >= 0.6 is 0 Å². The molecule has 0 rings (SSSR count). The third-order valence-corrected chi connectivity index (χ3v) is 1.47. The van der Waals surface area contributed by atoms with E-state index < -0.39 is 5.97 Å². The molecule has 4 nitrogen and oxygen atoms in total. The summed E-state index contributed by atoms with van der Waals surface area (Å²) >= 11 is 0. The van der Waals surface area contributed by atoms with E-state index in [0.717, 1.165) is 0 Å². The fourth-order valence-corrected chi connectivity index (χ4v) is 1.10. The summed E-state index contributed by atoms with van der Waals surface area (Å²) in [5.41, 5.74) is 0. The van der Waals surface area contributed by atoms with Crippen LogP contribution in [0.25, 0.3) is 0 Å². The molecule has 12 heavy (non-hydrogen) atoms. The molecule has 0 aromatic rings. The highest BCUT2D eigenvalue weighted by atomic mass is 16.5. The molecule has 4 heteroatoms. The Bertz CT molecular complexity index is 138. The molecule has 72 valence electrons. The van der Waals surface area contributed by atoms with E-state index in [9.17, 15) is 4.79 Å². The first kappa shape index (κ1) is 11.4. The molecule has 2 atom stereocenters. The molecule has 2 N–H and O–H groups in total. The molecule has 0 aromatic carbocycles. The van der Waals surface area contributed by atoms with Gasteiger partial charge < -0.3 is 15.2 Å². The first-order chi connectivity index (χ1) is 5.56. The number of rotatable bonds is 6. The first-order valence-corrected chi connectivity index (χ1v) is 4.03. The molecule has 0 fully saturated rings. The van der Waals surface area contributed by atoms with Gasteiger partial charge in [-0.2, -0.15) is 0 Å². The van der Waals surface area contributed by atoms with Gasteiger partial charge in [-0.15, -0.1) is 0 Å². The summed E-state index contributed by atoms with van der Waals surface area (Å²) in [7, 11) is 1.63. The van der Waals surface area contributed by atoms with Crippen LogP contribution in [0.4, 0.5) is 0 Å². The molecule has 0 aliphatic heterocycles. The van der Waals surface area contributed by atoms with Crippen molar-refractivity contribution < 1.29 is 14.6 Å². The van der Waals surface area contributed by atoms with Crippen molar-refractivity contribution in [2.45, 2.75) is 32.4 Å². The lowest BCUT2D eigenvalue weighted by Crippen LogP contribution is -2.38. The second kappa shape index (κ2) is 5.97. The predicted octanol–water partition coefficient (Wildman–Crippen LogP) is 0.474. The van der Waals surface area contributed by atoms with Crippen molar-refractivity contribution >= 4 is 5.97 Å². The van der Waals surface area contributed by atoms with E-state index in [1.807, 2.05) is 13.8 Å². The van der Waals surface area contributed by atoms with Gasteiger partial charge >= 0.3 is 5.97 Å². The highest BCUT2D eigenvalue weighted by molar-refractivity contribution is 5.67. The maximum atomic E-state index is 10.3. The van der Waals surface area contributed by atoms with Gasteiger partial charge in [0, 0.05) is 19.2 Å². The third kappa shape index (κ3) is 6.12. The topological polar surface area (TPSA) is 58.6 Å². The number of carboxylic acid groups (broad SMARTS) is 1. The van der Waals surface area contributed by atoms with Crippen LogP contribution in [-0.4, -0.2) is 36.9 Å². The van der Waals surface area contributed by atoms with Crippen molar-refractivity contribution in [3.8, 4) is 0 Å². The minimum absolute atomic E-state index is 0.00681. The summed E-state index contributed by atoms with van der Waals surface area (Å²) in [5, 5.41) is 11.6. The molecule has 0 saturated heterocycles. The van der Waals surface area contributed by atoms with Crippen LogP contribution in [0.5, 0.6) is 0 Å². The van der Waals surface area contributed by atoms with Crippen LogP contribution in [0.15, 0.2) is 0 Å². The molecule has 0 bridgehead atoms. The van der Waals surface area contributed by atoms with Crippen LogP contribution < -0.4 is 5.32 Å². The second-order valence-electron chi connectivity index (χ2n) is 3.02. The van der Waals surface area contributed by atoms with Gasteiger partial charge in [-0.05, 0) is 13.8 Å². The Kier molecular flexibility index (Phi) is 5.66. The Morgan fingerprint density at radius 3 is 2.50 bits per heavy atom. The van der Waals surface area contributed by atoms with Crippen molar-refractivity contribution in [3.05, 3.63) is 0 Å². The number of aliphatic carboxylic acids is 1. The Labute approximate surface area is 72.9 Å².